The number of amides is 2. The molecule has 2 amide bonds. The summed E-state index contributed by atoms with van der Waals surface area (Å²) in [7, 11) is 0. The maximum Gasteiger partial charge on any atom is 0.269 e. The number of ether oxygens (including phenoxy) is 1. The van der Waals surface area contributed by atoms with Gasteiger partial charge in [-0.2, -0.15) is 0 Å². The molecule has 0 saturated heterocycles. The number of benzene rings is 3. The van der Waals surface area contributed by atoms with E-state index in [1.165, 1.54) is 0 Å². The van der Waals surface area contributed by atoms with Gasteiger partial charge in [0.1, 0.15) is 5.75 Å². The first kappa shape index (κ1) is 20.8. The molecule has 0 spiro atoms. The molecule has 29 heavy (non-hydrogen) atoms. The number of hydrogen-bond acceptors (Lipinski definition) is 4. The third-order valence-corrected chi connectivity index (χ3v) is 5.14. The van der Waals surface area contributed by atoms with E-state index in [0.29, 0.717) is 11.3 Å². The number of rotatable bonds is 4. The van der Waals surface area contributed by atoms with Gasteiger partial charge in [-0.05, 0) is 48.3 Å². The number of thiocarbonyl (C=S) groups is 1. The van der Waals surface area contributed by atoms with Crippen molar-refractivity contribution >= 4 is 55.8 Å². The van der Waals surface area contributed by atoms with Gasteiger partial charge in [-0.3, -0.25) is 25.8 Å². The molecular weight excluding hydrogens is 454 g/mol. The summed E-state index contributed by atoms with van der Waals surface area (Å²) in [5.74, 6) is -0.215. The Morgan fingerprint density at radius 3 is 2.59 bits per heavy atom. The number of fused-ring (bicyclic) bond motifs is 1. The number of carbonyl (C=O) groups is 2. The Morgan fingerprint density at radius 2 is 1.79 bits per heavy atom. The van der Waals surface area contributed by atoms with Gasteiger partial charge >= 0.3 is 0 Å². The Morgan fingerprint density at radius 1 is 1.03 bits per heavy atom. The molecule has 3 rings (SSSR count). The number of halogens is 1. The first-order valence-corrected chi connectivity index (χ1v) is 9.91. The summed E-state index contributed by atoms with van der Waals surface area (Å²) in [4.78, 5) is 24.2. The van der Waals surface area contributed by atoms with Crippen molar-refractivity contribution < 1.29 is 14.3 Å². The summed E-state index contributed by atoms with van der Waals surface area (Å²) in [6, 6.07) is 18.6. The molecule has 0 aliphatic heterocycles. The van der Waals surface area contributed by atoms with Crippen LogP contribution in [0.15, 0.2) is 65.1 Å². The lowest BCUT2D eigenvalue weighted by Crippen LogP contribution is -2.49. The molecule has 0 aromatic heterocycles. The minimum absolute atomic E-state index is 0.0314. The molecule has 0 atom stereocenters. The Kier molecular flexibility index (Phi) is 6.79. The zero-order valence-electron chi connectivity index (χ0n) is 15.5. The molecule has 3 aromatic carbocycles. The summed E-state index contributed by atoms with van der Waals surface area (Å²) in [6.07, 6.45) is 0. The maximum atomic E-state index is 12.1. The first-order valence-electron chi connectivity index (χ1n) is 8.71. The highest BCUT2D eigenvalue weighted by molar-refractivity contribution is 9.10. The van der Waals surface area contributed by atoms with Gasteiger partial charge in [-0.1, -0.05) is 58.4 Å². The highest BCUT2D eigenvalue weighted by atomic mass is 79.9. The largest absolute Gasteiger partial charge is 0.483 e. The van der Waals surface area contributed by atoms with E-state index in [-0.39, 0.29) is 17.6 Å². The van der Waals surface area contributed by atoms with Crippen LogP contribution in [-0.2, 0) is 4.79 Å². The number of hydrazine groups is 1. The summed E-state index contributed by atoms with van der Waals surface area (Å²) < 4.78 is 6.43. The van der Waals surface area contributed by atoms with Crippen LogP contribution in [0.2, 0.25) is 0 Å². The average molecular weight is 472 g/mol. The van der Waals surface area contributed by atoms with E-state index in [4.69, 9.17) is 17.0 Å². The maximum absolute atomic E-state index is 12.1. The molecule has 0 aliphatic carbocycles. The van der Waals surface area contributed by atoms with E-state index in [1.54, 1.807) is 18.2 Å². The van der Waals surface area contributed by atoms with Gasteiger partial charge in [0, 0.05) is 15.4 Å². The van der Waals surface area contributed by atoms with E-state index in [0.717, 1.165) is 20.8 Å². The normalized spacial score (nSPS) is 10.3. The van der Waals surface area contributed by atoms with Gasteiger partial charge < -0.3 is 4.74 Å². The van der Waals surface area contributed by atoms with Gasteiger partial charge in [0.2, 0.25) is 0 Å². The Bertz CT molecular complexity index is 1080. The molecule has 8 heteroatoms. The van der Waals surface area contributed by atoms with Crippen LogP contribution < -0.4 is 20.9 Å². The Balaban J connectivity index is 1.48. The van der Waals surface area contributed by atoms with Crippen molar-refractivity contribution in [2.75, 3.05) is 6.61 Å². The molecule has 0 bridgehead atoms. The lowest BCUT2D eigenvalue weighted by molar-refractivity contribution is -0.121. The molecule has 0 heterocycles. The molecule has 6 nitrogen and oxygen atoms in total. The second-order valence-corrected chi connectivity index (χ2v) is 7.45. The summed E-state index contributed by atoms with van der Waals surface area (Å²) >= 11 is 8.41. The lowest BCUT2D eigenvalue weighted by atomic mass is 10.1. The highest BCUT2D eigenvalue weighted by Crippen LogP contribution is 2.24. The lowest BCUT2D eigenvalue weighted by Gasteiger charge is -2.12. The second-order valence-electron chi connectivity index (χ2n) is 6.19. The van der Waals surface area contributed by atoms with Gasteiger partial charge in [0.15, 0.2) is 11.7 Å². The quantitative estimate of drug-likeness (QED) is 0.399. The van der Waals surface area contributed by atoms with Crippen molar-refractivity contribution in [2.24, 2.45) is 0 Å². The smallest absolute Gasteiger partial charge is 0.269 e. The molecule has 0 aliphatic rings. The third kappa shape index (κ3) is 5.52. The molecule has 3 N–H and O–H groups in total. The molecule has 3 aromatic rings. The number of nitrogens with one attached hydrogen (secondary N) is 3. The molecule has 0 radical (unpaired) electrons. The van der Waals surface area contributed by atoms with Crippen LogP contribution in [0.5, 0.6) is 5.75 Å². The van der Waals surface area contributed by atoms with Crippen molar-refractivity contribution in [1.29, 1.82) is 0 Å². The van der Waals surface area contributed by atoms with Crippen LogP contribution in [0.3, 0.4) is 0 Å². The number of hydrogen-bond donors (Lipinski definition) is 3. The number of carbonyl (C=O) groups excluding carboxylic acids is 2. The van der Waals surface area contributed by atoms with Crippen molar-refractivity contribution in [1.82, 2.24) is 16.2 Å². The summed E-state index contributed by atoms with van der Waals surface area (Å²) in [6.45, 7) is 1.71. The predicted octanol–water partition coefficient (Wildman–Crippen LogP) is 3.63. The standard InChI is InChI=1S/C21H18BrN3O3S/c1-13-9-10-15(11-17(13)22)20(27)24-25-21(29)23-19(26)12-28-18-8-4-6-14-5-2-3-7-16(14)18/h2-11H,12H2,1H3,(H,24,27)(H2,23,25,26,29). The fraction of sp³-hybridized carbons (Fsp3) is 0.0952. The minimum atomic E-state index is -0.442. The average Bonchev–Trinajstić information content (AvgIpc) is 2.72. The van der Waals surface area contributed by atoms with Gasteiger partial charge in [-0.15, -0.1) is 0 Å². The van der Waals surface area contributed by atoms with Crippen LogP contribution in [0.25, 0.3) is 10.8 Å². The van der Waals surface area contributed by atoms with Gasteiger partial charge in [0.05, 0.1) is 0 Å². The van der Waals surface area contributed by atoms with E-state index in [9.17, 15) is 9.59 Å². The van der Waals surface area contributed by atoms with Crippen molar-refractivity contribution in [3.05, 3.63) is 76.3 Å². The fourth-order valence-corrected chi connectivity index (χ4v) is 3.12. The minimum Gasteiger partial charge on any atom is -0.483 e. The SMILES string of the molecule is Cc1ccc(C(=O)NNC(=S)NC(=O)COc2cccc3ccccc23)cc1Br. The van der Waals surface area contributed by atoms with E-state index in [2.05, 4.69) is 32.1 Å². The van der Waals surface area contributed by atoms with Crippen LogP contribution >= 0.6 is 28.1 Å². The highest BCUT2D eigenvalue weighted by Gasteiger charge is 2.10. The summed E-state index contributed by atoms with van der Waals surface area (Å²) in [5, 5.41) is 4.36. The zero-order chi connectivity index (χ0) is 20.8. The van der Waals surface area contributed by atoms with Crippen LogP contribution in [0, 0.1) is 6.92 Å². The van der Waals surface area contributed by atoms with Crippen LogP contribution in [0.4, 0.5) is 0 Å². The zero-order valence-corrected chi connectivity index (χ0v) is 17.9. The number of aryl methyl sites for hydroxylation is 1. The van der Waals surface area contributed by atoms with E-state index < -0.39 is 5.91 Å². The fourth-order valence-electron chi connectivity index (χ4n) is 2.58. The molecule has 0 fully saturated rings. The predicted molar refractivity (Wildman–Crippen MR) is 120 cm³/mol. The topological polar surface area (TPSA) is 79.5 Å². The summed E-state index contributed by atoms with van der Waals surface area (Å²) in [5.41, 5.74) is 6.41. The van der Waals surface area contributed by atoms with E-state index >= 15 is 0 Å². The van der Waals surface area contributed by atoms with E-state index in [1.807, 2.05) is 49.4 Å². The second kappa shape index (κ2) is 9.49. The third-order valence-electron chi connectivity index (χ3n) is 4.08. The van der Waals surface area contributed by atoms with Crippen LogP contribution in [0.1, 0.15) is 15.9 Å². The molecule has 0 unspecified atom stereocenters. The van der Waals surface area contributed by atoms with Crippen molar-refractivity contribution in [3.8, 4) is 5.75 Å². The Labute approximate surface area is 181 Å². The molecule has 0 saturated carbocycles. The Hall–Kier alpha value is -2.97. The van der Waals surface area contributed by atoms with Gasteiger partial charge in [-0.25, -0.2) is 0 Å². The van der Waals surface area contributed by atoms with Crippen LogP contribution in [-0.4, -0.2) is 23.5 Å². The van der Waals surface area contributed by atoms with Gasteiger partial charge in [0.25, 0.3) is 11.8 Å². The van der Waals surface area contributed by atoms with Crippen molar-refractivity contribution in [2.45, 2.75) is 6.92 Å². The molecule has 148 valence electrons. The molecular formula is C21H18BrN3O3S. The van der Waals surface area contributed by atoms with Crippen molar-refractivity contribution in [3.63, 3.8) is 0 Å². The monoisotopic (exact) mass is 471 g/mol. The first-order chi connectivity index (χ1) is 13.9.